The molecule has 0 aliphatic rings. The van der Waals surface area contributed by atoms with Gasteiger partial charge in [0.15, 0.2) is 17.3 Å². The molecule has 4 nitrogen and oxygen atoms in total. The van der Waals surface area contributed by atoms with Crippen molar-refractivity contribution in [3.63, 3.8) is 0 Å². The number of benzene rings is 1. The third-order valence-electron chi connectivity index (χ3n) is 2.24. The molecule has 1 rings (SSSR count). The van der Waals surface area contributed by atoms with E-state index in [9.17, 15) is 4.79 Å². The summed E-state index contributed by atoms with van der Waals surface area (Å²) in [7, 11) is 3.12. The molecule has 0 amide bonds. The predicted octanol–water partition coefficient (Wildman–Crippen LogP) is 1.50. The van der Waals surface area contributed by atoms with Gasteiger partial charge in [0, 0.05) is 5.56 Å². The lowest BCUT2D eigenvalue weighted by atomic mass is 10.1. The van der Waals surface area contributed by atoms with Crippen molar-refractivity contribution in [1.29, 1.82) is 0 Å². The molecule has 0 aliphatic carbocycles. The maximum Gasteiger partial charge on any atom is 0.176 e. The van der Waals surface area contributed by atoms with Crippen LogP contribution >= 0.6 is 0 Å². The molecule has 0 aromatic heterocycles. The molecule has 16 heavy (non-hydrogen) atoms. The molecule has 88 valence electrons. The van der Waals surface area contributed by atoms with Crippen LogP contribution in [0.1, 0.15) is 17.3 Å². The molecule has 0 fully saturated rings. The van der Waals surface area contributed by atoms with E-state index in [-0.39, 0.29) is 5.78 Å². The summed E-state index contributed by atoms with van der Waals surface area (Å²) in [5.74, 6) is 1.25. The Kier molecular flexibility index (Phi) is 4.79. The van der Waals surface area contributed by atoms with Gasteiger partial charge in [-0.3, -0.25) is 4.79 Å². The van der Waals surface area contributed by atoms with Crippen LogP contribution in [-0.4, -0.2) is 33.1 Å². The fourth-order valence-corrected chi connectivity index (χ4v) is 1.35. The van der Waals surface area contributed by atoms with Crippen LogP contribution in [-0.2, 0) is 0 Å². The van der Waals surface area contributed by atoms with Gasteiger partial charge >= 0.3 is 0 Å². The second kappa shape index (κ2) is 6.12. The van der Waals surface area contributed by atoms with E-state index in [1.807, 2.05) is 6.92 Å². The van der Waals surface area contributed by atoms with E-state index in [0.717, 1.165) is 6.54 Å². The first-order valence-corrected chi connectivity index (χ1v) is 5.18. The van der Waals surface area contributed by atoms with Gasteiger partial charge in [-0.05, 0) is 24.7 Å². The molecule has 0 atom stereocenters. The van der Waals surface area contributed by atoms with Gasteiger partial charge in [-0.1, -0.05) is 6.92 Å². The smallest absolute Gasteiger partial charge is 0.176 e. The number of hydrogen-bond donors (Lipinski definition) is 1. The molecule has 0 unspecified atom stereocenters. The monoisotopic (exact) mass is 223 g/mol. The van der Waals surface area contributed by atoms with Crippen molar-refractivity contribution in [3.8, 4) is 11.5 Å². The number of carbonyl (C=O) groups is 1. The standard InChI is InChI=1S/C12H17NO3/c1-4-13-8-10(14)9-5-6-11(15-2)12(7-9)16-3/h5-7,13H,4,8H2,1-3H3. The van der Waals surface area contributed by atoms with E-state index in [0.29, 0.717) is 23.6 Å². The SMILES string of the molecule is CCNCC(=O)c1ccc(OC)c(OC)c1. The number of ketones is 1. The van der Waals surface area contributed by atoms with Gasteiger partial charge in [0.2, 0.25) is 0 Å². The van der Waals surface area contributed by atoms with E-state index in [1.165, 1.54) is 0 Å². The molecule has 1 N–H and O–H groups in total. The average molecular weight is 223 g/mol. The van der Waals surface area contributed by atoms with Crippen molar-refractivity contribution in [3.05, 3.63) is 23.8 Å². The molecule has 0 heterocycles. The molecular formula is C12H17NO3. The lowest BCUT2D eigenvalue weighted by Crippen LogP contribution is -2.22. The van der Waals surface area contributed by atoms with Crippen LogP contribution in [0.25, 0.3) is 0 Å². The van der Waals surface area contributed by atoms with E-state index < -0.39 is 0 Å². The van der Waals surface area contributed by atoms with Crippen molar-refractivity contribution in [2.45, 2.75) is 6.92 Å². The first kappa shape index (κ1) is 12.5. The topological polar surface area (TPSA) is 47.6 Å². The van der Waals surface area contributed by atoms with Crippen molar-refractivity contribution in [2.75, 3.05) is 27.3 Å². The van der Waals surface area contributed by atoms with Gasteiger partial charge in [-0.25, -0.2) is 0 Å². The zero-order valence-corrected chi connectivity index (χ0v) is 9.87. The number of Topliss-reactive ketones (excluding diaryl/α,β-unsaturated/α-hetero) is 1. The zero-order valence-electron chi connectivity index (χ0n) is 9.87. The van der Waals surface area contributed by atoms with Crippen molar-refractivity contribution in [2.24, 2.45) is 0 Å². The molecule has 0 spiro atoms. The van der Waals surface area contributed by atoms with Gasteiger partial charge in [0.05, 0.1) is 20.8 Å². The third-order valence-corrected chi connectivity index (χ3v) is 2.24. The number of likely N-dealkylation sites (N-methyl/N-ethyl adjacent to an activating group) is 1. The number of rotatable bonds is 6. The Morgan fingerprint density at radius 1 is 1.25 bits per heavy atom. The molecule has 1 aromatic rings. The third kappa shape index (κ3) is 2.97. The Balaban J connectivity index is 2.85. The summed E-state index contributed by atoms with van der Waals surface area (Å²) >= 11 is 0. The quantitative estimate of drug-likeness (QED) is 0.742. The second-order valence-corrected chi connectivity index (χ2v) is 3.27. The molecular weight excluding hydrogens is 206 g/mol. The van der Waals surface area contributed by atoms with Crippen LogP contribution in [0.3, 0.4) is 0 Å². The van der Waals surface area contributed by atoms with Crippen LogP contribution in [0.5, 0.6) is 11.5 Å². The highest BCUT2D eigenvalue weighted by molar-refractivity contribution is 5.98. The summed E-state index contributed by atoms with van der Waals surface area (Å²) in [6, 6.07) is 5.16. The minimum Gasteiger partial charge on any atom is -0.493 e. The number of ether oxygens (including phenoxy) is 2. The molecule has 0 aliphatic heterocycles. The summed E-state index contributed by atoms with van der Waals surface area (Å²) in [6.45, 7) is 3.08. The lowest BCUT2D eigenvalue weighted by Gasteiger charge is -2.09. The number of carbonyl (C=O) groups excluding carboxylic acids is 1. The maximum atomic E-state index is 11.7. The summed E-state index contributed by atoms with van der Waals surface area (Å²) in [6.07, 6.45) is 0. The molecule has 0 bridgehead atoms. The highest BCUT2D eigenvalue weighted by Gasteiger charge is 2.09. The predicted molar refractivity (Wildman–Crippen MR) is 62.4 cm³/mol. The lowest BCUT2D eigenvalue weighted by molar-refractivity contribution is 0.0991. The number of nitrogens with one attached hydrogen (secondary N) is 1. The van der Waals surface area contributed by atoms with Crippen LogP contribution in [0.4, 0.5) is 0 Å². The molecule has 0 saturated carbocycles. The molecule has 0 saturated heterocycles. The van der Waals surface area contributed by atoms with Gasteiger partial charge in [0.1, 0.15) is 0 Å². The van der Waals surface area contributed by atoms with E-state index in [1.54, 1.807) is 32.4 Å². The van der Waals surface area contributed by atoms with E-state index in [4.69, 9.17) is 9.47 Å². The highest BCUT2D eigenvalue weighted by Crippen LogP contribution is 2.27. The van der Waals surface area contributed by atoms with Gasteiger partial charge in [-0.15, -0.1) is 0 Å². The Hall–Kier alpha value is -1.55. The Morgan fingerprint density at radius 3 is 2.50 bits per heavy atom. The van der Waals surface area contributed by atoms with Gasteiger partial charge in [-0.2, -0.15) is 0 Å². The van der Waals surface area contributed by atoms with Gasteiger partial charge in [0.25, 0.3) is 0 Å². The largest absolute Gasteiger partial charge is 0.493 e. The molecule has 0 radical (unpaired) electrons. The Labute approximate surface area is 95.6 Å². The highest BCUT2D eigenvalue weighted by atomic mass is 16.5. The van der Waals surface area contributed by atoms with Crippen LogP contribution in [0.15, 0.2) is 18.2 Å². The van der Waals surface area contributed by atoms with E-state index in [2.05, 4.69) is 5.32 Å². The van der Waals surface area contributed by atoms with Crippen molar-refractivity contribution < 1.29 is 14.3 Å². The number of hydrogen-bond acceptors (Lipinski definition) is 4. The van der Waals surface area contributed by atoms with Crippen LogP contribution in [0.2, 0.25) is 0 Å². The summed E-state index contributed by atoms with van der Waals surface area (Å²) in [5.41, 5.74) is 0.624. The fourth-order valence-electron chi connectivity index (χ4n) is 1.35. The van der Waals surface area contributed by atoms with Crippen LogP contribution < -0.4 is 14.8 Å². The number of methoxy groups -OCH3 is 2. The second-order valence-electron chi connectivity index (χ2n) is 3.27. The van der Waals surface area contributed by atoms with E-state index >= 15 is 0 Å². The van der Waals surface area contributed by atoms with Crippen molar-refractivity contribution >= 4 is 5.78 Å². The first-order valence-electron chi connectivity index (χ1n) is 5.18. The average Bonchev–Trinajstić information content (AvgIpc) is 2.34. The Morgan fingerprint density at radius 2 is 1.94 bits per heavy atom. The summed E-state index contributed by atoms with van der Waals surface area (Å²) in [5, 5.41) is 2.99. The summed E-state index contributed by atoms with van der Waals surface area (Å²) < 4.78 is 10.2. The van der Waals surface area contributed by atoms with Gasteiger partial charge < -0.3 is 14.8 Å². The fraction of sp³-hybridized carbons (Fsp3) is 0.417. The minimum absolute atomic E-state index is 0.0443. The van der Waals surface area contributed by atoms with Crippen LogP contribution in [0, 0.1) is 0 Å². The maximum absolute atomic E-state index is 11.7. The minimum atomic E-state index is 0.0443. The first-order chi connectivity index (χ1) is 7.72. The Bertz CT molecular complexity index is 363. The molecule has 1 aromatic carbocycles. The van der Waals surface area contributed by atoms with Crippen molar-refractivity contribution in [1.82, 2.24) is 5.32 Å². The molecule has 4 heteroatoms. The summed E-state index contributed by atoms with van der Waals surface area (Å²) in [4.78, 5) is 11.7. The normalized spacial score (nSPS) is 9.94. The zero-order chi connectivity index (χ0) is 12.0.